The number of aromatic nitrogens is 1. The average Bonchev–Trinajstić information content (AvgIpc) is 2.75. The second kappa shape index (κ2) is 4.70. The number of nitrogen functional groups attached to an aromatic ring is 1. The minimum Gasteiger partial charge on any atom is -0.384 e. The monoisotopic (exact) mass is 220 g/mol. The lowest BCUT2D eigenvalue weighted by Crippen LogP contribution is -2.23. The summed E-state index contributed by atoms with van der Waals surface area (Å²) >= 11 is 0. The number of nitrogens with zero attached hydrogens (tertiary/aromatic N) is 1. The molecule has 0 saturated heterocycles. The molecule has 1 heterocycles. The van der Waals surface area contributed by atoms with E-state index in [0.29, 0.717) is 11.2 Å². The maximum absolute atomic E-state index is 5.32. The highest BCUT2D eigenvalue weighted by Gasteiger charge is 2.28. The van der Waals surface area contributed by atoms with E-state index in [0.717, 1.165) is 12.2 Å². The van der Waals surface area contributed by atoms with E-state index >= 15 is 0 Å². The molecule has 1 aromatic heterocycles. The van der Waals surface area contributed by atoms with Gasteiger partial charge in [0, 0.05) is 24.5 Å². The van der Waals surface area contributed by atoms with Crippen molar-refractivity contribution in [2.75, 3.05) is 17.3 Å². The van der Waals surface area contributed by atoms with E-state index < -0.39 is 0 Å². The van der Waals surface area contributed by atoms with Gasteiger partial charge >= 0.3 is 0 Å². The number of hydrazine groups is 1. The molecule has 2 rings (SSSR count). The largest absolute Gasteiger partial charge is 0.384 e. The first-order valence-corrected chi connectivity index (χ1v) is 5.88. The van der Waals surface area contributed by atoms with Gasteiger partial charge in [0.1, 0.15) is 5.82 Å². The van der Waals surface area contributed by atoms with Crippen molar-refractivity contribution in [3.8, 4) is 0 Å². The lowest BCUT2D eigenvalue weighted by atomic mass is 9.89. The Morgan fingerprint density at radius 1 is 1.44 bits per heavy atom. The molecule has 0 aliphatic heterocycles. The van der Waals surface area contributed by atoms with Crippen molar-refractivity contribution in [1.29, 1.82) is 0 Å². The van der Waals surface area contributed by atoms with Crippen molar-refractivity contribution < 1.29 is 0 Å². The molecular weight excluding hydrogens is 200 g/mol. The number of nitrogens with one attached hydrogen (secondary N) is 2. The Morgan fingerprint density at radius 2 is 2.19 bits per heavy atom. The van der Waals surface area contributed by atoms with Crippen LogP contribution in [0.15, 0.2) is 18.3 Å². The van der Waals surface area contributed by atoms with Crippen LogP contribution in [0, 0.1) is 5.41 Å². The molecule has 4 nitrogen and oxygen atoms in total. The number of nitrogens with two attached hydrogens (primary N) is 1. The smallest absolute Gasteiger partial charge is 0.141 e. The molecule has 16 heavy (non-hydrogen) atoms. The first kappa shape index (κ1) is 11.2. The first-order chi connectivity index (χ1) is 7.72. The molecule has 0 atom stereocenters. The molecule has 0 aromatic carbocycles. The van der Waals surface area contributed by atoms with E-state index in [1.54, 1.807) is 6.20 Å². The summed E-state index contributed by atoms with van der Waals surface area (Å²) in [5.74, 6) is 6.02. The van der Waals surface area contributed by atoms with Crippen molar-refractivity contribution in [2.45, 2.75) is 32.6 Å². The van der Waals surface area contributed by atoms with Crippen molar-refractivity contribution >= 4 is 11.5 Å². The summed E-state index contributed by atoms with van der Waals surface area (Å²) in [5.41, 5.74) is 4.09. The lowest BCUT2D eigenvalue weighted by molar-refractivity contribution is 0.362. The van der Waals surface area contributed by atoms with Gasteiger partial charge in [-0.3, -0.25) is 0 Å². The van der Waals surface area contributed by atoms with Gasteiger partial charge in [0.15, 0.2) is 0 Å². The SMILES string of the molecule is CC1(CNc2ccnc(NN)c2)CCCC1. The normalized spacial score (nSPS) is 18.4. The lowest BCUT2D eigenvalue weighted by Gasteiger charge is -2.24. The summed E-state index contributed by atoms with van der Waals surface area (Å²) in [5, 5.41) is 3.47. The highest BCUT2D eigenvalue weighted by molar-refractivity contribution is 5.51. The molecule has 1 fully saturated rings. The Hall–Kier alpha value is -1.29. The van der Waals surface area contributed by atoms with E-state index in [1.807, 2.05) is 12.1 Å². The van der Waals surface area contributed by atoms with E-state index in [4.69, 9.17) is 5.84 Å². The molecule has 0 radical (unpaired) electrons. The van der Waals surface area contributed by atoms with Crippen LogP contribution < -0.4 is 16.6 Å². The van der Waals surface area contributed by atoms with Gasteiger partial charge < -0.3 is 10.7 Å². The van der Waals surface area contributed by atoms with Crippen molar-refractivity contribution in [3.63, 3.8) is 0 Å². The number of anilines is 2. The Balaban J connectivity index is 1.93. The molecule has 0 amide bonds. The van der Waals surface area contributed by atoms with Crippen molar-refractivity contribution in [1.82, 2.24) is 4.98 Å². The highest BCUT2D eigenvalue weighted by atomic mass is 15.2. The van der Waals surface area contributed by atoms with Crippen LogP contribution in [0.2, 0.25) is 0 Å². The first-order valence-electron chi connectivity index (χ1n) is 5.88. The Bertz CT molecular complexity index is 345. The Kier molecular flexibility index (Phi) is 3.29. The molecule has 0 unspecified atom stereocenters. The van der Waals surface area contributed by atoms with Crippen LogP contribution in [-0.2, 0) is 0 Å². The van der Waals surface area contributed by atoms with E-state index in [2.05, 4.69) is 22.7 Å². The number of rotatable bonds is 4. The molecule has 0 spiro atoms. The van der Waals surface area contributed by atoms with Crippen LogP contribution in [0.4, 0.5) is 11.5 Å². The summed E-state index contributed by atoms with van der Waals surface area (Å²) in [6.07, 6.45) is 7.14. The number of hydrogen-bond donors (Lipinski definition) is 3. The molecule has 0 bridgehead atoms. The third-order valence-electron chi connectivity index (χ3n) is 3.44. The minimum atomic E-state index is 0.458. The molecule has 1 aromatic rings. The molecule has 4 N–H and O–H groups in total. The molecular formula is C12H20N4. The predicted octanol–water partition coefficient (Wildman–Crippen LogP) is 2.36. The average molecular weight is 220 g/mol. The summed E-state index contributed by atoms with van der Waals surface area (Å²) in [4.78, 5) is 4.08. The fourth-order valence-electron chi connectivity index (χ4n) is 2.34. The van der Waals surface area contributed by atoms with Crippen molar-refractivity contribution in [2.24, 2.45) is 11.3 Å². The van der Waals surface area contributed by atoms with Crippen LogP contribution in [-0.4, -0.2) is 11.5 Å². The zero-order valence-electron chi connectivity index (χ0n) is 9.79. The zero-order chi connectivity index (χ0) is 11.4. The summed E-state index contributed by atoms with van der Waals surface area (Å²) in [6.45, 7) is 3.39. The fourth-order valence-corrected chi connectivity index (χ4v) is 2.34. The molecule has 88 valence electrons. The predicted molar refractivity (Wildman–Crippen MR) is 67.1 cm³/mol. The van der Waals surface area contributed by atoms with Gasteiger partial charge in [0.2, 0.25) is 0 Å². The van der Waals surface area contributed by atoms with Gasteiger partial charge in [0.25, 0.3) is 0 Å². The Morgan fingerprint density at radius 3 is 2.88 bits per heavy atom. The number of pyridine rings is 1. The molecule has 1 saturated carbocycles. The maximum atomic E-state index is 5.32. The second-order valence-electron chi connectivity index (χ2n) is 4.95. The Labute approximate surface area is 96.6 Å². The van der Waals surface area contributed by atoms with Crippen LogP contribution in [0.25, 0.3) is 0 Å². The van der Waals surface area contributed by atoms with Gasteiger partial charge in [0.05, 0.1) is 0 Å². The van der Waals surface area contributed by atoms with Crippen molar-refractivity contribution in [3.05, 3.63) is 18.3 Å². The highest BCUT2D eigenvalue weighted by Crippen LogP contribution is 2.37. The minimum absolute atomic E-state index is 0.458. The van der Waals surface area contributed by atoms with Crippen LogP contribution >= 0.6 is 0 Å². The quantitative estimate of drug-likeness (QED) is 0.538. The maximum Gasteiger partial charge on any atom is 0.141 e. The summed E-state index contributed by atoms with van der Waals surface area (Å²) in [7, 11) is 0. The van der Waals surface area contributed by atoms with Gasteiger partial charge in [-0.1, -0.05) is 19.8 Å². The van der Waals surface area contributed by atoms with Gasteiger partial charge in [-0.15, -0.1) is 0 Å². The van der Waals surface area contributed by atoms with E-state index in [-0.39, 0.29) is 0 Å². The summed E-state index contributed by atoms with van der Waals surface area (Å²) in [6, 6.07) is 3.90. The summed E-state index contributed by atoms with van der Waals surface area (Å²) < 4.78 is 0. The van der Waals surface area contributed by atoms with Gasteiger partial charge in [-0.2, -0.15) is 0 Å². The van der Waals surface area contributed by atoms with Crippen LogP contribution in [0.1, 0.15) is 32.6 Å². The second-order valence-corrected chi connectivity index (χ2v) is 4.95. The molecule has 4 heteroatoms. The van der Waals surface area contributed by atoms with Crippen LogP contribution in [0.3, 0.4) is 0 Å². The third-order valence-corrected chi connectivity index (χ3v) is 3.44. The van der Waals surface area contributed by atoms with Crippen LogP contribution in [0.5, 0.6) is 0 Å². The molecule has 1 aliphatic carbocycles. The van der Waals surface area contributed by atoms with Gasteiger partial charge in [-0.05, 0) is 24.3 Å². The zero-order valence-corrected chi connectivity index (χ0v) is 9.79. The third kappa shape index (κ3) is 2.64. The fraction of sp³-hybridized carbons (Fsp3) is 0.583. The van der Waals surface area contributed by atoms with Gasteiger partial charge in [-0.25, -0.2) is 10.8 Å². The molecule has 1 aliphatic rings. The number of hydrogen-bond acceptors (Lipinski definition) is 4. The van der Waals surface area contributed by atoms with E-state index in [1.165, 1.54) is 25.7 Å². The van der Waals surface area contributed by atoms with E-state index in [9.17, 15) is 0 Å². The topological polar surface area (TPSA) is 63.0 Å². The standard InChI is InChI=1S/C12H20N4/c1-12(5-2-3-6-12)9-15-10-4-7-14-11(8-10)16-13/h4,7-8H,2-3,5-6,9,13H2,1H3,(H2,14,15,16).